The predicted octanol–water partition coefficient (Wildman–Crippen LogP) is 3.85. The molecule has 0 unspecified atom stereocenters. The summed E-state index contributed by atoms with van der Waals surface area (Å²) in [6.45, 7) is 0. The molecule has 0 N–H and O–H groups in total. The highest BCUT2D eigenvalue weighted by Crippen LogP contribution is 2.41. The first-order valence-corrected chi connectivity index (χ1v) is 7.67. The van der Waals surface area contributed by atoms with E-state index in [1.54, 1.807) is 24.3 Å². The van der Waals surface area contributed by atoms with E-state index in [-0.39, 0.29) is 12.2 Å². The van der Waals surface area contributed by atoms with Crippen molar-refractivity contribution in [2.45, 2.75) is 12.7 Å². The minimum Gasteiger partial charge on any atom is -0.462 e. The van der Waals surface area contributed by atoms with E-state index in [2.05, 4.69) is 6.07 Å². The number of allylic oxidation sites excluding steroid dienone is 1. The van der Waals surface area contributed by atoms with E-state index in [4.69, 9.17) is 9.47 Å². The van der Waals surface area contributed by atoms with Gasteiger partial charge in [0.1, 0.15) is 5.75 Å². The number of carbonyl (C=O) groups excluding carboxylic acids is 1. The number of benzene rings is 2. The third-order valence-electron chi connectivity index (χ3n) is 4.14. The highest BCUT2D eigenvalue weighted by atomic mass is 16.7. The molecule has 1 aliphatic rings. The number of rotatable bonds is 4. The molecule has 0 saturated heterocycles. The molecule has 0 spiro atoms. The second-order valence-electron chi connectivity index (χ2n) is 5.61. The number of methoxy groups -OCH3 is 1. The van der Waals surface area contributed by atoms with Crippen molar-refractivity contribution in [1.29, 1.82) is 5.26 Å². The van der Waals surface area contributed by atoms with Crippen LogP contribution < -0.4 is 4.74 Å². The number of carbonyl (C=O) groups is 1. The van der Waals surface area contributed by atoms with E-state index in [0.717, 1.165) is 5.56 Å². The fourth-order valence-corrected chi connectivity index (χ4v) is 2.85. The predicted molar refractivity (Wildman–Crippen MR) is 90.3 cm³/mol. The number of nitriles is 1. The molecule has 120 valence electrons. The van der Waals surface area contributed by atoms with Crippen LogP contribution in [0.5, 0.6) is 5.75 Å². The highest BCUT2D eigenvalue weighted by molar-refractivity contribution is 6.05. The topological polar surface area (TPSA) is 59.3 Å². The van der Waals surface area contributed by atoms with Crippen molar-refractivity contribution in [2.75, 3.05) is 7.11 Å². The summed E-state index contributed by atoms with van der Waals surface area (Å²) in [4.78, 5) is 13.0. The maximum atomic E-state index is 13.0. The zero-order valence-electron chi connectivity index (χ0n) is 13.3. The largest absolute Gasteiger partial charge is 0.462 e. The molecule has 3 rings (SSSR count). The Morgan fingerprint density at radius 2 is 1.92 bits per heavy atom. The monoisotopic (exact) mass is 319 g/mol. The minimum atomic E-state index is -1.39. The van der Waals surface area contributed by atoms with Gasteiger partial charge in [-0.25, -0.2) is 0 Å². The van der Waals surface area contributed by atoms with Gasteiger partial charge in [0.2, 0.25) is 6.29 Å². The lowest BCUT2D eigenvalue weighted by Crippen LogP contribution is -2.49. The molecule has 2 aromatic carbocycles. The van der Waals surface area contributed by atoms with Crippen LogP contribution in [0.3, 0.4) is 0 Å². The maximum Gasteiger partial charge on any atom is 0.226 e. The third-order valence-corrected chi connectivity index (χ3v) is 4.14. The molecule has 1 heterocycles. The van der Waals surface area contributed by atoms with Gasteiger partial charge in [-0.05, 0) is 24.1 Å². The molecule has 4 nitrogen and oxygen atoms in total. The Hall–Kier alpha value is -2.90. The number of fused-ring (bicyclic) bond motifs is 1. The number of para-hydroxylation sites is 1. The van der Waals surface area contributed by atoms with Crippen LogP contribution in [0.15, 0.2) is 60.7 Å². The molecule has 0 aliphatic carbocycles. The Balaban J connectivity index is 1.94. The summed E-state index contributed by atoms with van der Waals surface area (Å²) < 4.78 is 11.1. The van der Waals surface area contributed by atoms with Crippen molar-refractivity contribution >= 4 is 11.9 Å². The number of nitrogens with zero attached hydrogens (tertiary/aromatic N) is 1. The molecular formula is C20H17NO3. The molecule has 0 saturated carbocycles. The zero-order chi connectivity index (χ0) is 17.0. The molecule has 0 amide bonds. The summed E-state index contributed by atoms with van der Waals surface area (Å²) in [6.07, 6.45) is 2.98. The standard InChI is InChI=1S/C20H17NO3/c1-23-19-20(14-21,13-7-10-15-8-3-2-4-9-15)18(22)16-11-5-6-12-17(16)24-19/h2-12,19H,13H2,1H3/b10-7+/t19-,20+/m0/s1. The van der Waals surface area contributed by atoms with E-state index in [0.29, 0.717) is 11.3 Å². The Kier molecular flexibility index (Phi) is 4.45. The van der Waals surface area contributed by atoms with Crippen LogP contribution in [-0.4, -0.2) is 19.2 Å². The van der Waals surface area contributed by atoms with E-state index in [1.807, 2.05) is 42.5 Å². The molecule has 0 aromatic heterocycles. The Morgan fingerprint density at radius 3 is 2.62 bits per heavy atom. The van der Waals surface area contributed by atoms with Gasteiger partial charge in [0, 0.05) is 7.11 Å². The van der Waals surface area contributed by atoms with Gasteiger partial charge >= 0.3 is 0 Å². The number of hydrogen-bond acceptors (Lipinski definition) is 4. The summed E-state index contributed by atoms with van der Waals surface area (Å²) in [6, 6.07) is 18.8. The summed E-state index contributed by atoms with van der Waals surface area (Å²) in [5.41, 5.74) is 0.0265. The smallest absolute Gasteiger partial charge is 0.226 e. The van der Waals surface area contributed by atoms with Crippen molar-refractivity contribution in [1.82, 2.24) is 0 Å². The van der Waals surface area contributed by atoms with Crippen LogP contribution in [-0.2, 0) is 4.74 Å². The van der Waals surface area contributed by atoms with Crippen molar-refractivity contribution in [3.63, 3.8) is 0 Å². The highest BCUT2D eigenvalue weighted by Gasteiger charge is 2.52. The Bertz CT molecular complexity index is 807. The molecule has 2 atom stereocenters. The van der Waals surface area contributed by atoms with Crippen LogP contribution in [0, 0.1) is 16.7 Å². The number of Topliss-reactive ketones (excluding diaryl/α,β-unsaturated/α-hetero) is 1. The summed E-state index contributed by atoms with van der Waals surface area (Å²) in [5.74, 6) is 0.184. The van der Waals surface area contributed by atoms with Crippen molar-refractivity contribution in [3.05, 3.63) is 71.8 Å². The molecule has 2 aromatic rings. The first-order chi connectivity index (χ1) is 11.7. The molecule has 4 heteroatoms. The molecule has 1 aliphatic heterocycles. The van der Waals surface area contributed by atoms with Gasteiger partial charge in [-0.2, -0.15) is 5.26 Å². The molecule has 24 heavy (non-hydrogen) atoms. The van der Waals surface area contributed by atoms with Gasteiger partial charge in [0.05, 0.1) is 11.6 Å². The molecule has 0 fully saturated rings. The average molecular weight is 319 g/mol. The van der Waals surface area contributed by atoms with Gasteiger partial charge < -0.3 is 9.47 Å². The minimum absolute atomic E-state index is 0.212. The van der Waals surface area contributed by atoms with Gasteiger partial charge in [-0.15, -0.1) is 0 Å². The SMILES string of the molecule is CO[C@H]1Oc2ccccc2C(=O)[C@]1(C#N)C/C=C/c1ccccc1. The lowest BCUT2D eigenvalue weighted by molar-refractivity contribution is -0.110. The van der Waals surface area contributed by atoms with E-state index >= 15 is 0 Å². The second-order valence-corrected chi connectivity index (χ2v) is 5.61. The Labute approximate surface area is 140 Å². The summed E-state index contributed by atoms with van der Waals surface area (Å²) in [7, 11) is 1.44. The van der Waals surface area contributed by atoms with Crippen molar-refractivity contribution < 1.29 is 14.3 Å². The number of hydrogen-bond donors (Lipinski definition) is 0. The van der Waals surface area contributed by atoms with E-state index in [9.17, 15) is 10.1 Å². The van der Waals surface area contributed by atoms with E-state index in [1.165, 1.54) is 7.11 Å². The van der Waals surface area contributed by atoms with Crippen LogP contribution >= 0.6 is 0 Å². The Morgan fingerprint density at radius 1 is 1.21 bits per heavy atom. The van der Waals surface area contributed by atoms with Gasteiger partial charge in [-0.1, -0.05) is 54.6 Å². The lowest BCUT2D eigenvalue weighted by Gasteiger charge is -2.36. The van der Waals surface area contributed by atoms with Gasteiger partial charge in [0.15, 0.2) is 11.2 Å². The zero-order valence-corrected chi connectivity index (χ0v) is 13.3. The first kappa shape index (κ1) is 16.0. The van der Waals surface area contributed by atoms with E-state index < -0.39 is 11.7 Å². The lowest BCUT2D eigenvalue weighted by atomic mass is 9.76. The summed E-state index contributed by atoms with van der Waals surface area (Å²) >= 11 is 0. The van der Waals surface area contributed by atoms with Crippen LogP contribution in [0.2, 0.25) is 0 Å². The number of ketones is 1. The first-order valence-electron chi connectivity index (χ1n) is 7.67. The molecule has 0 radical (unpaired) electrons. The average Bonchev–Trinajstić information content (AvgIpc) is 2.64. The fourth-order valence-electron chi connectivity index (χ4n) is 2.85. The van der Waals surface area contributed by atoms with Crippen LogP contribution in [0.4, 0.5) is 0 Å². The van der Waals surface area contributed by atoms with Crippen molar-refractivity contribution in [2.24, 2.45) is 5.41 Å². The van der Waals surface area contributed by atoms with Crippen molar-refractivity contribution in [3.8, 4) is 11.8 Å². The summed E-state index contributed by atoms with van der Waals surface area (Å²) in [5, 5.41) is 9.77. The van der Waals surface area contributed by atoms with Crippen LogP contribution in [0.1, 0.15) is 22.3 Å². The molecule has 0 bridgehead atoms. The third kappa shape index (κ3) is 2.70. The maximum absolute atomic E-state index is 13.0. The van der Waals surface area contributed by atoms with Gasteiger partial charge in [0.25, 0.3) is 0 Å². The van der Waals surface area contributed by atoms with Gasteiger partial charge in [-0.3, -0.25) is 4.79 Å². The number of ether oxygens (including phenoxy) is 2. The fraction of sp³-hybridized carbons (Fsp3) is 0.200. The normalized spacial score (nSPS) is 22.7. The quantitative estimate of drug-likeness (QED) is 0.859. The molecular weight excluding hydrogens is 302 g/mol. The second kappa shape index (κ2) is 6.69. The van der Waals surface area contributed by atoms with Crippen LogP contribution in [0.25, 0.3) is 6.08 Å².